The van der Waals surface area contributed by atoms with Gasteiger partial charge in [-0.3, -0.25) is 0 Å². The molecule has 0 saturated carbocycles. The number of nitrogens with one attached hydrogen (secondary N) is 1. The summed E-state index contributed by atoms with van der Waals surface area (Å²) in [7, 11) is -3.24. The third-order valence-electron chi connectivity index (χ3n) is 3.79. The molecule has 0 aromatic rings. The van der Waals surface area contributed by atoms with Crippen molar-refractivity contribution in [3.05, 3.63) is 0 Å². The van der Waals surface area contributed by atoms with Gasteiger partial charge in [0.05, 0.1) is 0 Å². The van der Waals surface area contributed by atoms with Crippen LogP contribution < -0.4 is 4.72 Å². The fourth-order valence-corrected chi connectivity index (χ4v) is 3.44. The molecule has 102 valence electrons. The van der Waals surface area contributed by atoms with Crippen LogP contribution in [0.25, 0.3) is 0 Å². The summed E-state index contributed by atoms with van der Waals surface area (Å²) >= 11 is 0. The third kappa shape index (κ3) is 4.56. The first-order valence-corrected chi connectivity index (χ1v) is 8.18. The first kappa shape index (κ1) is 14.9. The quantitative estimate of drug-likeness (QED) is 0.796. The lowest BCUT2D eigenvalue weighted by atomic mass is 10.0. The minimum atomic E-state index is -3.24. The van der Waals surface area contributed by atoms with Crippen LogP contribution in [0.15, 0.2) is 0 Å². The highest BCUT2D eigenvalue weighted by molar-refractivity contribution is 7.87. The van der Waals surface area contributed by atoms with Crippen molar-refractivity contribution in [2.45, 2.75) is 46.5 Å². The van der Waals surface area contributed by atoms with Gasteiger partial charge in [-0.15, -0.1) is 0 Å². The van der Waals surface area contributed by atoms with E-state index in [0.717, 1.165) is 25.7 Å². The van der Waals surface area contributed by atoms with Crippen LogP contribution in [-0.2, 0) is 10.2 Å². The molecule has 0 bridgehead atoms. The Morgan fingerprint density at radius 2 is 1.76 bits per heavy atom. The lowest BCUT2D eigenvalue weighted by Gasteiger charge is -2.29. The molecule has 0 aromatic carbocycles. The molecule has 1 saturated heterocycles. The van der Waals surface area contributed by atoms with Gasteiger partial charge in [0.25, 0.3) is 10.2 Å². The summed E-state index contributed by atoms with van der Waals surface area (Å²) in [6.45, 7) is 8.29. The molecule has 0 amide bonds. The molecule has 1 fully saturated rings. The van der Waals surface area contributed by atoms with E-state index in [0.29, 0.717) is 31.5 Å². The molecule has 0 aliphatic carbocycles. The molecule has 4 nitrogen and oxygen atoms in total. The summed E-state index contributed by atoms with van der Waals surface area (Å²) in [5.41, 5.74) is 0. The minimum absolute atomic E-state index is 0.452. The van der Waals surface area contributed by atoms with Gasteiger partial charge in [0.2, 0.25) is 0 Å². The predicted molar refractivity (Wildman–Crippen MR) is 71.0 cm³/mol. The maximum absolute atomic E-state index is 12.0. The van der Waals surface area contributed by atoms with E-state index in [1.54, 1.807) is 4.31 Å². The second kappa shape index (κ2) is 6.71. The van der Waals surface area contributed by atoms with Gasteiger partial charge in [0.1, 0.15) is 0 Å². The van der Waals surface area contributed by atoms with Crippen LogP contribution in [0.5, 0.6) is 0 Å². The highest BCUT2D eigenvalue weighted by Gasteiger charge is 2.26. The Morgan fingerprint density at radius 1 is 1.24 bits per heavy atom. The van der Waals surface area contributed by atoms with Crippen molar-refractivity contribution in [3.8, 4) is 0 Å². The number of nitrogens with zero attached hydrogens (tertiary/aromatic N) is 1. The van der Waals surface area contributed by atoms with Gasteiger partial charge >= 0.3 is 0 Å². The van der Waals surface area contributed by atoms with Gasteiger partial charge in [-0.1, -0.05) is 33.6 Å². The van der Waals surface area contributed by atoms with E-state index in [1.165, 1.54) is 0 Å². The van der Waals surface area contributed by atoms with Gasteiger partial charge < -0.3 is 0 Å². The van der Waals surface area contributed by atoms with E-state index in [1.807, 2.05) is 0 Å². The highest BCUT2D eigenvalue weighted by Crippen LogP contribution is 2.18. The smallest absolute Gasteiger partial charge is 0.202 e. The van der Waals surface area contributed by atoms with Crippen LogP contribution in [0.2, 0.25) is 0 Å². The largest absolute Gasteiger partial charge is 0.279 e. The van der Waals surface area contributed by atoms with E-state index >= 15 is 0 Å². The SMILES string of the molecule is CCC(CC)CNS(=O)(=O)N1CCC(C)CC1. The molecule has 1 heterocycles. The van der Waals surface area contributed by atoms with Crippen molar-refractivity contribution >= 4 is 10.2 Å². The Hall–Kier alpha value is -0.130. The zero-order valence-corrected chi connectivity index (χ0v) is 12.1. The Labute approximate surface area is 106 Å². The summed E-state index contributed by atoms with van der Waals surface area (Å²) in [6, 6.07) is 0. The lowest BCUT2D eigenvalue weighted by molar-refractivity contribution is 0.284. The Balaban J connectivity index is 2.45. The average molecular weight is 262 g/mol. The number of rotatable bonds is 6. The van der Waals surface area contributed by atoms with E-state index in [2.05, 4.69) is 25.5 Å². The first-order valence-electron chi connectivity index (χ1n) is 6.74. The van der Waals surface area contributed by atoms with E-state index in [-0.39, 0.29) is 0 Å². The maximum atomic E-state index is 12.0. The molecule has 1 rings (SSSR count). The van der Waals surface area contributed by atoms with Crippen LogP contribution in [0, 0.1) is 11.8 Å². The van der Waals surface area contributed by atoms with Crippen molar-refractivity contribution in [2.24, 2.45) is 11.8 Å². The zero-order valence-electron chi connectivity index (χ0n) is 11.3. The molecule has 17 heavy (non-hydrogen) atoms. The van der Waals surface area contributed by atoms with Gasteiger partial charge in [-0.25, -0.2) is 4.72 Å². The fraction of sp³-hybridized carbons (Fsp3) is 1.00. The Kier molecular flexibility index (Phi) is 5.89. The second-order valence-electron chi connectivity index (χ2n) is 5.12. The van der Waals surface area contributed by atoms with Crippen molar-refractivity contribution in [1.82, 2.24) is 9.03 Å². The Bertz CT molecular complexity index is 304. The molecular weight excluding hydrogens is 236 g/mol. The van der Waals surface area contributed by atoms with Gasteiger partial charge in [0.15, 0.2) is 0 Å². The minimum Gasteiger partial charge on any atom is -0.202 e. The second-order valence-corrected chi connectivity index (χ2v) is 6.87. The lowest BCUT2D eigenvalue weighted by Crippen LogP contribution is -2.45. The first-order chi connectivity index (χ1) is 7.99. The molecule has 1 aliphatic heterocycles. The topological polar surface area (TPSA) is 49.4 Å². The summed E-state index contributed by atoms with van der Waals surface area (Å²) in [6.07, 6.45) is 4.00. The van der Waals surface area contributed by atoms with Crippen LogP contribution >= 0.6 is 0 Å². The normalized spacial score (nSPS) is 20.0. The van der Waals surface area contributed by atoms with Crippen molar-refractivity contribution in [1.29, 1.82) is 0 Å². The predicted octanol–water partition coefficient (Wildman–Crippen LogP) is 1.99. The van der Waals surface area contributed by atoms with E-state index in [4.69, 9.17) is 0 Å². The van der Waals surface area contributed by atoms with Crippen LogP contribution in [0.3, 0.4) is 0 Å². The van der Waals surface area contributed by atoms with Crippen LogP contribution in [0.4, 0.5) is 0 Å². The van der Waals surface area contributed by atoms with Crippen LogP contribution in [0.1, 0.15) is 46.5 Å². The third-order valence-corrected chi connectivity index (χ3v) is 5.37. The molecular formula is C12H26N2O2S. The monoisotopic (exact) mass is 262 g/mol. The van der Waals surface area contributed by atoms with Gasteiger partial charge in [0, 0.05) is 19.6 Å². The van der Waals surface area contributed by atoms with Gasteiger partial charge in [-0.2, -0.15) is 12.7 Å². The van der Waals surface area contributed by atoms with E-state index < -0.39 is 10.2 Å². The van der Waals surface area contributed by atoms with Crippen molar-refractivity contribution in [3.63, 3.8) is 0 Å². The highest BCUT2D eigenvalue weighted by atomic mass is 32.2. The standard InChI is InChI=1S/C12H26N2O2S/c1-4-12(5-2)10-13-17(15,16)14-8-6-11(3)7-9-14/h11-13H,4-10H2,1-3H3. The molecule has 1 aliphatic rings. The summed E-state index contributed by atoms with van der Waals surface area (Å²) in [5, 5.41) is 0. The zero-order chi connectivity index (χ0) is 12.9. The molecule has 0 aromatic heterocycles. The number of piperidine rings is 1. The molecule has 0 unspecified atom stereocenters. The van der Waals surface area contributed by atoms with E-state index in [9.17, 15) is 8.42 Å². The van der Waals surface area contributed by atoms with Gasteiger partial charge in [-0.05, 0) is 24.7 Å². The molecule has 1 N–H and O–H groups in total. The summed E-state index contributed by atoms with van der Waals surface area (Å²) < 4.78 is 28.4. The fourth-order valence-electron chi connectivity index (χ4n) is 2.12. The molecule has 5 heteroatoms. The van der Waals surface area contributed by atoms with Crippen molar-refractivity contribution < 1.29 is 8.42 Å². The number of hydrogen-bond acceptors (Lipinski definition) is 2. The van der Waals surface area contributed by atoms with Crippen LogP contribution in [-0.4, -0.2) is 32.4 Å². The number of hydrogen-bond donors (Lipinski definition) is 1. The average Bonchev–Trinajstić information content (AvgIpc) is 2.31. The maximum Gasteiger partial charge on any atom is 0.279 e. The Morgan fingerprint density at radius 3 is 2.24 bits per heavy atom. The summed E-state index contributed by atoms with van der Waals surface area (Å²) in [5.74, 6) is 1.11. The molecule has 0 spiro atoms. The molecule has 0 atom stereocenters. The summed E-state index contributed by atoms with van der Waals surface area (Å²) in [4.78, 5) is 0. The van der Waals surface area contributed by atoms with Crippen molar-refractivity contribution in [2.75, 3.05) is 19.6 Å². The molecule has 0 radical (unpaired) electrons.